The van der Waals surface area contributed by atoms with E-state index in [1.54, 1.807) is 12.1 Å². The van der Waals surface area contributed by atoms with E-state index in [0.29, 0.717) is 5.82 Å². The van der Waals surface area contributed by atoms with Gasteiger partial charge in [-0.25, -0.2) is 18.5 Å². The number of nitrogens with two attached hydrogens (primary N) is 1. The fourth-order valence-corrected chi connectivity index (χ4v) is 2.53. The summed E-state index contributed by atoms with van der Waals surface area (Å²) < 4.78 is 22.4. The number of nitrogens with one attached hydrogen (secondary N) is 1. The molecule has 3 N–H and O–H groups in total. The maximum absolute atomic E-state index is 11.2. The van der Waals surface area contributed by atoms with Crippen molar-refractivity contribution in [3.05, 3.63) is 60.7 Å². The summed E-state index contributed by atoms with van der Waals surface area (Å²) in [5.41, 5.74) is 1.63. The molecule has 21 heavy (non-hydrogen) atoms. The quantitative estimate of drug-likeness (QED) is 0.778. The first-order chi connectivity index (χ1) is 10.0. The molecule has 0 saturated heterocycles. The average Bonchev–Trinajstić information content (AvgIpc) is 2.47. The number of pyridine rings is 1. The fourth-order valence-electron chi connectivity index (χ4n) is 2.01. The normalized spacial score (nSPS) is 11.5. The maximum Gasteiger partial charge on any atom is 0.238 e. The zero-order valence-electron chi connectivity index (χ0n) is 11.0. The van der Waals surface area contributed by atoms with Gasteiger partial charge in [0.05, 0.1) is 10.4 Å². The number of hydrogen-bond donors (Lipinski definition) is 2. The molecule has 0 aliphatic carbocycles. The SMILES string of the molecule is NS(=O)(=O)c1ccc(Nc2ccc3ccccc3n2)cc1. The van der Waals surface area contributed by atoms with Crippen molar-refractivity contribution in [2.24, 2.45) is 5.14 Å². The van der Waals surface area contributed by atoms with Gasteiger partial charge in [-0.3, -0.25) is 0 Å². The molecule has 0 spiro atoms. The number of sulfonamides is 1. The molecule has 1 aromatic heterocycles. The Kier molecular flexibility index (Phi) is 3.32. The molecule has 1 heterocycles. The summed E-state index contributed by atoms with van der Waals surface area (Å²) >= 11 is 0. The van der Waals surface area contributed by atoms with E-state index in [1.165, 1.54) is 12.1 Å². The molecule has 0 aliphatic heterocycles. The lowest BCUT2D eigenvalue weighted by Crippen LogP contribution is -2.11. The van der Waals surface area contributed by atoms with Crippen LogP contribution < -0.4 is 10.5 Å². The molecule has 0 aliphatic rings. The lowest BCUT2D eigenvalue weighted by Gasteiger charge is -2.07. The molecule has 0 saturated carbocycles. The molecule has 6 heteroatoms. The van der Waals surface area contributed by atoms with Gasteiger partial charge in [0.25, 0.3) is 0 Å². The number of fused-ring (bicyclic) bond motifs is 1. The van der Waals surface area contributed by atoms with Crippen molar-refractivity contribution in [2.45, 2.75) is 4.90 Å². The molecule has 0 bridgehead atoms. The van der Waals surface area contributed by atoms with Gasteiger partial charge in [0.1, 0.15) is 5.82 Å². The third-order valence-corrected chi connectivity index (χ3v) is 3.98. The van der Waals surface area contributed by atoms with Crippen molar-refractivity contribution in [3.8, 4) is 0 Å². The van der Waals surface area contributed by atoms with Crippen molar-refractivity contribution < 1.29 is 8.42 Å². The number of primary sulfonamides is 1. The molecule has 3 aromatic rings. The van der Waals surface area contributed by atoms with Gasteiger partial charge in [-0.2, -0.15) is 0 Å². The molecule has 0 amide bonds. The smallest absolute Gasteiger partial charge is 0.238 e. The number of para-hydroxylation sites is 1. The Balaban J connectivity index is 1.88. The zero-order valence-corrected chi connectivity index (χ0v) is 11.8. The Morgan fingerprint density at radius 1 is 0.905 bits per heavy atom. The van der Waals surface area contributed by atoms with Crippen LogP contribution in [-0.4, -0.2) is 13.4 Å². The highest BCUT2D eigenvalue weighted by Crippen LogP contribution is 2.19. The van der Waals surface area contributed by atoms with Gasteiger partial charge >= 0.3 is 0 Å². The lowest BCUT2D eigenvalue weighted by molar-refractivity contribution is 0.598. The Labute approximate surface area is 122 Å². The van der Waals surface area contributed by atoms with E-state index in [9.17, 15) is 8.42 Å². The summed E-state index contributed by atoms with van der Waals surface area (Å²) in [5.74, 6) is 0.692. The lowest BCUT2D eigenvalue weighted by atomic mass is 10.2. The molecule has 2 aromatic carbocycles. The van der Waals surface area contributed by atoms with E-state index in [1.807, 2.05) is 36.4 Å². The van der Waals surface area contributed by atoms with Crippen molar-refractivity contribution >= 4 is 32.4 Å². The van der Waals surface area contributed by atoms with Gasteiger partial charge in [-0.1, -0.05) is 18.2 Å². The van der Waals surface area contributed by atoms with Crippen molar-refractivity contribution in [2.75, 3.05) is 5.32 Å². The predicted molar refractivity (Wildman–Crippen MR) is 82.8 cm³/mol. The summed E-state index contributed by atoms with van der Waals surface area (Å²) in [5, 5.41) is 9.25. The summed E-state index contributed by atoms with van der Waals surface area (Å²) in [7, 11) is -3.66. The van der Waals surface area contributed by atoms with Crippen LogP contribution in [0.25, 0.3) is 10.9 Å². The van der Waals surface area contributed by atoms with Crippen molar-refractivity contribution in [1.29, 1.82) is 0 Å². The molecule has 0 fully saturated rings. The standard InChI is InChI=1S/C15H13N3O2S/c16-21(19,20)13-8-6-12(7-9-13)17-15-10-5-11-3-1-2-4-14(11)18-15/h1-10H,(H,17,18)(H2,16,19,20). The molecule has 5 nitrogen and oxygen atoms in total. The second kappa shape index (κ2) is 5.16. The van der Waals surface area contributed by atoms with Crippen LogP contribution in [0.4, 0.5) is 11.5 Å². The van der Waals surface area contributed by atoms with Gasteiger partial charge in [-0.05, 0) is 42.5 Å². The Bertz CT molecular complexity index is 890. The number of rotatable bonds is 3. The summed E-state index contributed by atoms with van der Waals surface area (Å²) in [6, 6.07) is 17.9. The number of hydrogen-bond acceptors (Lipinski definition) is 4. The molecule has 0 unspecified atom stereocenters. The van der Waals surface area contributed by atoms with Crippen molar-refractivity contribution in [1.82, 2.24) is 4.98 Å². The monoisotopic (exact) mass is 299 g/mol. The van der Waals surface area contributed by atoms with E-state index in [2.05, 4.69) is 10.3 Å². The number of anilines is 2. The van der Waals surface area contributed by atoms with E-state index < -0.39 is 10.0 Å². The predicted octanol–water partition coefficient (Wildman–Crippen LogP) is 2.63. The summed E-state index contributed by atoms with van der Waals surface area (Å²) in [6.45, 7) is 0. The minimum absolute atomic E-state index is 0.0829. The van der Waals surface area contributed by atoms with Crippen LogP contribution >= 0.6 is 0 Å². The van der Waals surface area contributed by atoms with E-state index in [-0.39, 0.29) is 4.90 Å². The Morgan fingerprint density at radius 3 is 2.33 bits per heavy atom. The first-order valence-corrected chi connectivity index (χ1v) is 7.83. The number of benzene rings is 2. The highest BCUT2D eigenvalue weighted by atomic mass is 32.2. The Morgan fingerprint density at radius 2 is 1.62 bits per heavy atom. The average molecular weight is 299 g/mol. The van der Waals surface area contributed by atoms with Crippen LogP contribution in [0.5, 0.6) is 0 Å². The van der Waals surface area contributed by atoms with Crippen LogP contribution in [0, 0.1) is 0 Å². The van der Waals surface area contributed by atoms with Crippen molar-refractivity contribution in [3.63, 3.8) is 0 Å². The van der Waals surface area contributed by atoms with Gasteiger partial charge in [0.2, 0.25) is 10.0 Å². The third-order valence-electron chi connectivity index (χ3n) is 3.05. The van der Waals surface area contributed by atoms with Crippen LogP contribution in [0.1, 0.15) is 0 Å². The fraction of sp³-hybridized carbons (Fsp3) is 0. The molecular formula is C15H13N3O2S. The first-order valence-electron chi connectivity index (χ1n) is 6.28. The zero-order chi connectivity index (χ0) is 14.9. The number of aromatic nitrogens is 1. The van der Waals surface area contributed by atoms with Gasteiger partial charge < -0.3 is 5.32 Å². The highest BCUT2D eigenvalue weighted by molar-refractivity contribution is 7.89. The van der Waals surface area contributed by atoms with Gasteiger partial charge in [-0.15, -0.1) is 0 Å². The van der Waals surface area contributed by atoms with Crippen LogP contribution in [0.3, 0.4) is 0 Å². The first kappa shape index (κ1) is 13.5. The van der Waals surface area contributed by atoms with Crippen LogP contribution in [0.2, 0.25) is 0 Å². The van der Waals surface area contributed by atoms with Crippen LogP contribution in [0.15, 0.2) is 65.6 Å². The summed E-state index contributed by atoms with van der Waals surface area (Å²) in [4.78, 5) is 4.57. The second-order valence-electron chi connectivity index (χ2n) is 4.58. The van der Waals surface area contributed by atoms with Gasteiger partial charge in [0.15, 0.2) is 0 Å². The van der Waals surface area contributed by atoms with E-state index in [4.69, 9.17) is 5.14 Å². The van der Waals surface area contributed by atoms with Crippen LogP contribution in [-0.2, 0) is 10.0 Å². The molecular weight excluding hydrogens is 286 g/mol. The minimum atomic E-state index is -3.66. The number of nitrogens with zero attached hydrogens (tertiary/aromatic N) is 1. The summed E-state index contributed by atoms with van der Waals surface area (Å²) in [6.07, 6.45) is 0. The topological polar surface area (TPSA) is 85.1 Å². The molecule has 106 valence electrons. The maximum atomic E-state index is 11.2. The Hall–Kier alpha value is -2.44. The molecule has 3 rings (SSSR count). The third kappa shape index (κ3) is 3.01. The van der Waals surface area contributed by atoms with Gasteiger partial charge in [0, 0.05) is 11.1 Å². The highest BCUT2D eigenvalue weighted by Gasteiger charge is 2.06. The van der Waals surface area contributed by atoms with E-state index in [0.717, 1.165) is 16.6 Å². The second-order valence-corrected chi connectivity index (χ2v) is 6.15. The molecule has 0 atom stereocenters. The largest absolute Gasteiger partial charge is 0.340 e. The van der Waals surface area contributed by atoms with E-state index >= 15 is 0 Å². The molecule has 0 radical (unpaired) electrons. The minimum Gasteiger partial charge on any atom is -0.340 e.